The number of carbonyl (C=O) groups excluding carboxylic acids is 2. The molecule has 1 aromatic heterocycles. The zero-order valence-electron chi connectivity index (χ0n) is 14.1. The predicted molar refractivity (Wildman–Crippen MR) is 97.8 cm³/mol. The van der Waals surface area contributed by atoms with Crippen molar-refractivity contribution in [3.8, 4) is 0 Å². The van der Waals surface area contributed by atoms with Crippen molar-refractivity contribution < 1.29 is 9.59 Å². The van der Waals surface area contributed by atoms with E-state index >= 15 is 0 Å². The highest BCUT2D eigenvalue weighted by Gasteiger charge is 2.23. The number of carbonyl (C=O) groups is 2. The van der Waals surface area contributed by atoms with Gasteiger partial charge in [-0.1, -0.05) is 30.3 Å². The van der Waals surface area contributed by atoms with Crippen LogP contribution in [0.5, 0.6) is 0 Å². The fourth-order valence-corrected chi connectivity index (χ4v) is 3.40. The smallest absolute Gasteiger partial charge is 0.317 e. The summed E-state index contributed by atoms with van der Waals surface area (Å²) in [4.78, 5) is 32.4. The summed E-state index contributed by atoms with van der Waals surface area (Å²) in [6.45, 7) is 3.03. The number of aromatic nitrogens is 1. The molecule has 0 bridgehead atoms. The van der Waals surface area contributed by atoms with Gasteiger partial charge in [-0.15, -0.1) is 11.3 Å². The molecule has 6 nitrogen and oxygen atoms in total. The van der Waals surface area contributed by atoms with Gasteiger partial charge in [0.1, 0.15) is 5.69 Å². The van der Waals surface area contributed by atoms with Crippen LogP contribution in [0, 0.1) is 0 Å². The van der Waals surface area contributed by atoms with E-state index in [0.29, 0.717) is 38.4 Å². The average molecular weight is 358 g/mol. The fourth-order valence-electron chi connectivity index (χ4n) is 2.87. The number of rotatable bonds is 4. The summed E-state index contributed by atoms with van der Waals surface area (Å²) in [6, 6.07) is 10.0. The molecule has 0 saturated carbocycles. The summed E-state index contributed by atoms with van der Waals surface area (Å²) in [7, 11) is 0. The molecule has 25 heavy (non-hydrogen) atoms. The van der Waals surface area contributed by atoms with E-state index in [1.807, 2.05) is 18.2 Å². The molecule has 1 aliphatic heterocycles. The van der Waals surface area contributed by atoms with Crippen molar-refractivity contribution >= 4 is 23.3 Å². The van der Waals surface area contributed by atoms with Gasteiger partial charge in [-0.2, -0.15) is 0 Å². The molecule has 132 valence electrons. The van der Waals surface area contributed by atoms with Crippen LogP contribution in [0.2, 0.25) is 0 Å². The molecule has 0 unspecified atom stereocenters. The largest absolute Gasteiger partial charge is 0.338 e. The Balaban J connectivity index is 1.45. The second-order valence-corrected chi connectivity index (χ2v) is 6.69. The number of amides is 3. The molecule has 0 atom stereocenters. The Kier molecular flexibility index (Phi) is 6.00. The Labute approximate surface area is 151 Å². The van der Waals surface area contributed by atoms with Crippen LogP contribution < -0.4 is 5.32 Å². The first-order chi connectivity index (χ1) is 12.2. The Hall–Kier alpha value is -2.41. The van der Waals surface area contributed by atoms with Gasteiger partial charge < -0.3 is 15.1 Å². The van der Waals surface area contributed by atoms with Crippen LogP contribution in [-0.4, -0.2) is 59.4 Å². The van der Waals surface area contributed by atoms with Crippen LogP contribution in [-0.2, 0) is 6.42 Å². The van der Waals surface area contributed by atoms with E-state index < -0.39 is 0 Å². The van der Waals surface area contributed by atoms with E-state index in [1.54, 1.807) is 20.7 Å². The Morgan fingerprint density at radius 3 is 2.60 bits per heavy atom. The van der Waals surface area contributed by atoms with Crippen molar-refractivity contribution in [2.75, 3.05) is 32.7 Å². The first-order valence-electron chi connectivity index (χ1n) is 8.48. The minimum atomic E-state index is -0.0566. The average Bonchev–Trinajstić information content (AvgIpc) is 3.06. The fraction of sp³-hybridized carbons (Fsp3) is 0.389. The van der Waals surface area contributed by atoms with Gasteiger partial charge in [0, 0.05) is 38.1 Å². The first kappa shape index (κ1) is 17.4. The molecule has 3 rings (SSSR count). The molecule has 1 aliphatic rings. The molecule has 2 heterocycles. The third-order valence-electron chi connectivity index (χ3n) is 4.25. The number of nitrogens with one attached hydrogen (secondary N) is 1. The van der Waals surface area contributed by atoms with Crippen molar-refractivity contribution in [3.63, 3.8) is 0 Å². The van der Waals surface area contributed by atoms with Crippen LogP contribution in [0.3, 0.4) is 0 Å². The third kappa shape index (κ3) is 4.79. The normalized spacial score (nSPS) is 14.9. The van der Waals surface area contributed by atoms with Crippen molar-refractivity contribution in [2.24, 2.45) is 0 Å². The molecule has 0 radical (unpaired) electrons. The van der Waals surface area contributed by atoms with E-state index in [0.717, 1.165) is 12.8 Å². The maximum atomic E-state index is 12.4. The van der Waals surface area contributed by atoms with Gasteiger partial charge in [0.15, 0.2) is 0 Å². The van der Waals surface area contributed by atoms with Crippen LogP contribution >= 0.6 is 11.3 Å². The lowest BCUT2D eigenvalue weighted by Crippen LogP contribution is -2.43. The molecule has 0 spiro atoms. The minimum absolute atomic E-state index is 0.0485. The molecular weight excluding hydrogens is 336 g/mol. The van der Waals surface area contributed by atoms with Crippen LogP contribution in [0.1, 0.15) is 22.5 Å². The summed E-state index contributed by atoms with van der Waals surface area (Å²) in [5.41, 5.74) is 3.36. The zero-order chi connectivity index (χ0) is 17.5. The Morgan fingerprint density at radius 1 is 1.08 bits per heavy atom. The molecule has 1 fully saturated rings. The summed E-state index contributed by atoms with van der Waals surface area (Å²) in [5.74, 6) is -0.0485. The molecule has 1 N–H and O–H groups in total. The summed E-state index contributed by atoms with van der Waals surface area (Å²) < 4.78 is 0. The van der Waals surface area contributed by atoms with Gasteiger partial charge >= 0.3 is 6.03 Å². The topological polar surface area (TPSA) is 65.5 Å². The highest BCUT2D eigenvalue weighted by Crippen LogP contribution is 2.10. The highest BCUT2D eigenvalue weighted by molar-refractivity contribution is 7.07. The number of thiazole rings is 1. The molecular formula is C18H22N4O2S. The molecule has 3 amide bonds. The van der Waals surface area contributed by atoms with E-state index in [2.05, 4.69) is 22.4 Å². The van der Waals surface area contributed by atoms with Gasteiger partial charge in [-0.05, 0) is 18.4 Å². The lowest BCUT2D eigenvalue weighted by atomic mass is 10.1. The number of benzene rings is 1. The van der Waals surface area contributed by atoms with E-state index in [1.165, 1.54) is 16.9 Å². The molecule has 0 aliphatic carbocycles. The Morgan fingerprint density at radius 2 is 1.84 bits per heavy atom. The lowest BCUT2D eigenvalue weighted by molar-refractivity contribution is 0.0757. The summed E-state index contributed by atoms with van der Waals surface area (Å²) in [5, 5.41) is 4.74. The van der Waals surface area contributed by atoms with Crippen LogP contribution in [0.25, 0.3) is 0 Å². The minimum Gasteiger partial charge on any atom is -0.338 e. The number of hydrogen-bond acceptors (Lipinski definition) is 4. The number of hydrogen-bond donors (Lipinski definition) is 1. The maximum absolute atomic E-state index is 12.4. The SMILES string of the molecule is O=C(NCCc1ccccc1)N1CCCN(C(=O)c2cscn2)CC1. The van der Waals surface area contributed by atoms with Crippen molar-refractivity contribution in [2.45, 2.75) is 12.8 Å². The third-order valence-corrected chi connectivity index (χ3v) is 4.84. The summed E-state index contributed by atoms with van der Waals surface area (Å²) >= 11 is 1.42. The van der Waals surface area contributed by atoms with Crippen LogP contribution in [0.15, 0.2) is 41.2 Å². The van der Waals surface area contributed by atoms with Gasteiger partial charge in [0.05, 0.1) is 5.51 Å². The van der Waals surface area contributed by atoms with E-state index in [4.69, 9.17) is 0 Å². The summed E-state index contributed by atoms with van der Waals surface area (Å²) in [6.07, 6.45) is 1.59. The van der Waals surface area contributed by atoms with E-state index in [9.17, 15) is 9.59 Å². The first-order valence-corrected chi connectivity index (χ1v) is 9.42. The second kappa shape index (κ2) is 8.62. The maximum Gasteiger partial charge on any atom is 0.317 e. The monoisotopic (exact) mass is 358 g/mol. The van der Waals surface area contributed by atoms with Gasteiger partial charge in [0.2, 0.25) is 0 Å². The second-order valence-electron chi connectivity index (χ2n) is 5.97. The quantitative estimate of drug-likeness (QED) is 0.912. The molecule has 1 saturated heterocycles. The number of nitrogens with zero attached hydrogens (tertiary/aromatic N) is 3. The Bertz CT molecular complexity index is 690. The van der Waals surface area contributed by atoms with Crippen molar-refractivity contribution in [1.82, 2.24) is 20.1 Å². The molecule has 1 aromatic carbocycles. The van der Waals surface area contributed by atoms with E-state index in [-0.39, 0.29) is 11.9 Å². The van der Waals surface area contributed by atoms with Crippen molar-refractivity contribution in [1.29, 1.82) is 0 Å². The predicted octanol–water partition coefficient (Wildman–Crippen LogP) is 2.24. The standard InChI is InChI=1S/C18H22N4O2S/c23-17(16-13-25-14-20-16)21-9-4-10-22(12-11-21)18(24)19-8-7-15-5-2-1-3-6-15/h1-3,5-6,13-14H,4,7-12H2,(H,19,24). The van der Waals surface area contributed by atoms with Gasteiger partial charge in [0.25, 0.3) is 5.91 Å². The molecule has 7 heteroatoms. The lowest BCUT2D eigenvalue weighted by Gasteiger charge is -2.22. The number of urea groups is 1. The van der Waals surface area contributed by atoms with Crippen LogP contribution in [0.4, 0.5) is 4.79 Å². The van der Waals surface area contributed by atoms with Crippen molar-refractivity contribution in [3.05, 3.63) is 52.5 Å². The van der Waals surface area contributed by atoms with Gasteiger partial charge in [-0.25, -0.2) is 9.78 Å². The molecule has 2 aromatic rings. The highest BCUT2D eigenvalue weighted by atomic mass is 32.1. The van der Waals surface area contributed by atoms with Gasteiger partial charge in [-0.3, -0.25) is 4.79 Å². The zero-order valence-corrected chi connectivity index (χ0v) is 14.9.